The number of rotatable bonds is 4. The molecule has 2 fully saturated rings. The van der Waals surface area contributed by atoms with Gasteiger partial charge < -0.3 is 10.0 Å². The molecule has 0 aromatic heterocycles. The number of benzene rings is 1. The largest absolute Gasteiger partial charge is 0.480 e. The Labute approximate surface area is 154 Å². The zero-order valence-corrected chi connectivity index (χ0v) is 15.7. The van der Waals surface area contributed by atoms with Crippen molar-refractivity contribution in [1.82, 2.24) is 4.90 Å². The van der Waals surface area contributed by atoms with Crippen LogP contribution in [0.5, 0.6) is 0 Å². The van der Waals surface area contributed by atoms with Gasteiger partial charge in [-0.15, -0.1) is 11.8 Å². The molecular weight excluding hydrogens is 334 g/mol. The first-order valence-corrected chi connectivity index (χ1v) is 10.2. The molecule has 3 rings (SSSR count). The van der Waals surface area contributed by atoms with Gasteiger partial charge in [0.15, 0.2) is 0 Å². The third kappa shape index (κ3) is 4.20. The minimum absolute atomic E-state index is 0.0475. The average molecular weight is 362 g/mol. The van der Waals surface area contributed by atoms with Crippen LogP contribution in [0.3, 0.4) is 0 Å². The number of nitrogens with zero attached hydrogens (tertiary/aromatic N) is 1. The molecule has 1 saturated carbocycles. The van der Waals surface area contributed by atoms with Gasteiger partial charge in [-0.2, -0.15) is 0 Å². The fourth-order valence-electron chi connectivity index (χ4n) is 4.14. The van der Waals surface area contributed by atoms with E-state index in [9.17, 15) is 9.59 Å². The summed E-state index contributed by atoms with van der Waals surface area (Å²) in [6.45, 7) is 3.31. The zero-order chi connectivity index (χ0) is 17.9. The topological polar surface area (TPSA) is 57.6 Å². The minimum Gasteiger partial charge on any atom is -0.480 e. The summed E-state index contributed by atoms with van der Waals surface area (Å²) in [5.74, 6) is -0.809. The molecule has 25 heavy (non-hydrogen) atoms. The van der Waals surface area contributed by atoms with Gasteiger partial charge in [-0.05, 0) is 50.2 Å². The molecule has 1 N–H and O–H groups in total. The van der Waals surface area contributed by atoms with Gasteiger partial charge in [0, 0.05) is 18.0 Å². The summed E-state index contributed by atoms with van der Waals surface area (Å²) >= 11 is 1.25. The zero-order valence-electron chi connectivity index (χ0n) is 14.9. The van der Waals surface area contributed by atoms with Crippen molar-refractivity contribution >= 4 is 23.6 Å². The van der Waals surface area contributed by atoms with Crippen LogP contribution < -0.4 is 0 Å². The summed E-state index contributed by atoms with van der Waals surface area (Å²) in [7, 11) is 0. The standard InChI is InChI=1S/C20H27NO3S/c1-15(19(23)24)25-17-8-4-3-7-16(17)18(22)21-13-11-20(12-14-21)9-5-2-6-10-20/h3-4,7-8,15H,2,5-6,9-14H2,1H3,(H,23,24). The maximum absolute atomic E-state index is 13.0. The van der Waals surface area contributed by atoms with Gasteiger partial charge in [0.2, 0.25) is 0 Å². The summed E-state index contributed by atoms with van der Waals surface area (Å²) in [5, 5.41) is 8.58. The fourth-order valence-corrected chi connectivity index (χ4v) is 5.06. The van der Waals surface area contributed by atoms with Crippen molar-refractivity contribution in [2.24, 2.45) is 5.41 Å². The van der Waals surface area contributed by atoms with E-state index in [1.165, 1.54) is 43.9 Å². The van der Waals surface area contributed by atoms with Crippen molar-refractivity contribution in [3.63, 3.8) is 0 Å². The second kappa shape index (κ2) is 7.81. The third-order valence-corrected chi connectivity index (χ3v) is 6.96. The van der Waals surface area contributed by atoms with Crippen molar-refractivity contribution in [1.29, 1.82) is 0 Å². The molecule has 5 heteroatoms. The van der Waals surface area contributed by atoms with Crippen molar-refractivity contribution in [3.8, 4) is 0 Å². The average Bonchev–Trinajstić information content (AvgIpc) is 2.63. The molecule has 1 amide bonds. The van der Waals surface area contributed by atoms with Gasteiger partial charge in [0.1, 0.15) is 5.25 Å². The van der Waals surface area contributed by atoms with E-state index in [-0.39, 0.29) is 5.91 Å². The van der Waals surface area contributed by atoms with Crippen molar-refractivity contribution in [3.05, 3.63) is 29.8 Å². The quantitative estimate of drug-likeness (QED) is 0.806. The summed E-state index contributed by atoms with van der Waals surface area (Å²) in [6.07, 6.45) is 8.88. The Morgan fingerprint density at radius 1 is 1.08 bits per heavy atom. The molecule has 1 saturated heterocycles. The number of amides is 1. The Bertz CT molecular complexity index is 630. The van der Waals surface area contributed by atoms with Crippen LogP contribution in [0.25, 0.3) is 0 Å². The van der Waals surface area contributed by atoms with Crippen LogP contribution in [0, 0.1) is 5.41 Å². The summed E-state index contributed by atoms with van der Waals surface area (Å²) in [6, 6.07) is 7.39. The second-order valence-electron chi connectivity index (χ2n) is 7.45. The van der Waals surface area contributed by atoms with E-state index >= 15 is 0 Å². The molecular formula is C20H27NO3S. The van der Waals surface area contributed by atoms with Gasteiger partial charge in [0.05, 0.1) is 5.56 Å². The van der Waals surface area contributed by atoms with Crippen LogP contribution in [-0.2, 0) is 4.79 Å². The summed E-state index contributed by atoms with van der Waals surface area (Å²) < 4.78 is 0. The molecule has 136 valence electrons. The van der Waals surface area contributed by atoms with Gasteiger partial charge in [-0.1, -0.05) is 31.4 Å². The van der Waals surface area contributed by atoms with Crippen molar-refractivity contribution < 1.29 is 14.7 Å². The molecule has 1 aliphatic carbocycles. The van der Waals surface area contributed by atoms with Gasteiger partial charge in [0.25, 0.3) is 5.91 Å². The first-order valence-electron chi connectivity index (χ1n) is 9.29. The van der Waals surface area contributed by atoms with E-state index in [1.807, 2.05) is 29.2 Å². The van der Waals surface area contributed by atoms with E-state index < -0.39 is 11.2 Å². The highest BCUT2D eigenvalue weighted by Crippen LogP contribution is 2.44. The Morgan fingerprint density at radius 2 is 1.72 bits per heavy atom. The predicted molar refractivity (Wildman–Crippen MR) is 100 cm³/mol. The number of hydrogen-bond donors (Lipinski definition) is 1. The SMILES string of the molecule is CC(Sc1ccccc1C(=O)N1CCC2(CCCCC2)CC1)C(=O)O. The molecule has 1 atom stereocenters. The number of carbonyl (C=O) groups is 2. The molecule has 1 heterocycles. The van der Waals surface area contributed by atoms with Crippen LogP contribution in [0.15, 0.2) is 29.2 Å². The molecule has 1 aromatic carbocycles. The van der Waals surface area contributed by atoms with Crippen LogP contribution in [0.1, 0.15) is 62.2 Å². The van der Waals surface area contributed by atoms with E-state index in [4.69, 9.17) is 5.11 Å². The molecule has 0 radical (unpaired) electrons. The molecule has 4 nitrogen and oxygen atoms in total. The highest BCUT2D eigenvalue weighted by atomic mass is 32.2. The number of thioether (sulfide) groups is 1. The first kappa shape index (κ1) is 18.3. The minimum atomic E-state index is -0.857. The lowest BCUT2D eigenvalue weighted by Gasteiger charge is -2.44. The fraction of sp³-hybridized carbons (Fsp3) is 0.600. The van der Waals surface area contributed by atoms with Gasteiger partial charge >= 0.3 is 5.97 Å². The van der Waals surface area contributed by atoms with Gasteiger partial charge in [-0.25, -0.2) is 0 Å². The molecule has 1 aromatic rings. The van der Waals surface area contributed by atoms with E-state index in [0.29, 0.717) is 11.0 Å². The molecule has 1 spiro atoms. The van der Waals surface area contributed by atoms with E-state index in [2.05, 4.69) is 0 Å². The van der Waals surface area contributed by atoms with Crippen LogP contribution in [0.4, 0.5) is 0 Å². The number of carboxylic acid groups (broad SMARTS) is 1. The lowest BCUT2D eigenvalue weighted by molar-refractivity contribution is -0.136. The van der Waals surface area contributed by atoms with Crippen molar-refractivity contribution in [2.45, 2.75) is 62.0 Å². The smallest absolute Gasteiger partial charge is 0.316 e. The second-order valence-corrected chi connectivity index (χ2v) is 8.83. The molecule has 1 aliphatic heterocycles. The maximum Gasteiger partial charge on any atom is 0.316 e. The van der Waals surface area contributed by atoms with E-state index in [1.54, 1.807) is 6.92 Å². The maximum atomic E-state index is 13.0. The highest BCUT2D eigenvalue weighted by Gasteiger charge is 2.37. The summed E-state index contributed by atoms with van der Waals surface area (Å²) in [4.78, 5) is 26.9. The Balaban J connectivity index is 1.68. The number of likely N-dealkylation sites (tertiary alicyclic amines) is 1. The number of hydrogen-bond acceptors (Lipinski definition) is 3. The Hall–Kier alpha value is -1.49. The van der Waals surface area contributed by atoms with Gasteiger partial charge in [-0.3, -0.25) is 9.59 Å². The van der Waals surface area contributed by atoms with Crippen LogP contribution in [-0.4, -0.2) is 40.2 Å². The number of carboxylic acids is 1. The number of carbonyl (C=O) groups excluding carboxylic acids is 1. The molecule has 1 unspecified atom stereocenters. The predicted octanol–water partition coefficient (Wildman–Crippen LogP) is 4.44. The first-order chi connectivity index (χ1) is 12.0. The van der Waals surface area contributed by atoms with Crippen LogP contribution in [0.2, 0.25) is 0 Å². The lowest BCUT2D eigenvalue weighted by Crippen LogP contribution is -2.44. The van der Waals surface area contributed by atoms with E-state index in [0.717, 1.165) is 30.8 Å². The number of aliphatic carboxylic acids is 1. The molecule has 0 bridgehead atoms. The normalized spacial score (nSPS) is 21.1. The number of piperidine rings is 1. The summed E-state index contributed by atoms with van der Waals surface area (Å²) in [5.41, 5.74) is 1.11. The van der Waals surface area contributed by atoms with Crippen LogP contribution >= 0.6 is 11.8 Å². The third-order valence-electron chi connectivity index (χ3n) is 5.79. The lowest BCUT2D eigenvalue weighted by atomic mass is 9.68. The highest BCUT2D eigenvalue weighted by molar-refractivity contribution is 8.00. The van der Waals surface area contributed by atoms with Crippen molar-refractivity contribution in [2.75, 3.05) is 13.1 Å². The Morgan fingerprint density at radius 3 is 2.36 bits per heavy atom. The Kier molecular flexibility index (Phi) is 5.72. The molecule has 2 aliphatic rings. The monoisotopic (exact) mass is 361 g/mol.